The third kappa shape index (κ3) is 3.78. The number of hydrogen-bond donors (Lipinski definition) is 1. The van der Waals surface area contributed by atoms with Crippen molar-refractivity contribution in [2.75, 3.05) is 13.6 Å². The molecule has 0 aliphatic rings. The molecule has 0 spiro atoms. The van der Waals surface area contributed by atoms with Gasteiger partial charge in [-0.3, -0.25) is 4.90 Å². The topological polar surface area (TPSA) is 36.4 Å². The van der Waals surface area contributed by atoms with Crippen LogP contribution in [0.4, 0.5) is 0 Å². The molecule has 18 heavy (non-hydrogen) atoms. The van der Waals surface area contributed by atoms with Gasteiger partial charge in [0.25, 0.3) is 0 Å². The molecule has 0 fully saturated rings. The number of rotatable bonds is 5. The van der Waals surface area contributed by atoms with Gasteiger partial charge in [0, 0.05) is 23.1 Å². The van der Waals surface area contributed by atoms with Gasteiger partial charge in [-0.05, 0) is 24.7 Å². The quantitative estimate of drug-likeness (QED) is 0.916. The Morgan fingerprint density at radius 1 is 1.39 bits per heavy atom. The Morgan fingerprint density at radius 2 is 2.11 bits per heavy atom. The Balaban J connectivity index is 1.90. The van der Waals surface area contributed by atoms with E-state index in [-0.39, 0.29) is 0 Å². The van der Waals surface area contributed by atoms with Crippen molar-refractivity contribution in [2.45, 2.75) is 12.6 Å². The van der Waals surface area contributed by atoms with Crippen LogP contribution in [-0.4, -0.2) is 28.6 Å². The number of aliphatic hydroxyl groups excluding tert-OH is 1. The van der Waals surface area contributed by atoms with Crippen molar-refractivity contribution in [3.63, 3.8) is 0 Å². The van der Waals surface area contributed by atoms with E-state index < -0.39 is 6.10 Å². The maximum Gasteiger partial charge on any atom is 0.107 e. The summed E-state index contributed by atoms with van der Waals surface area (Å²) in [5, 5.41) is 13.8. The van der Waals surface area contributed by atoms with Crippen LogP contribution in [0.25, 0.3) is 0 Å². The van der Waals surface area contributed by atoms with Gasteiger partial charge < -0.3 is 5.11 Å². The molecule has 0 radical (unpaired) electrons. The molecule has 0 amide bonds. The van der Waals surface area contributed by atoms with E-state index in [9.17, 15) is 5.11 Å². The van der Waals surface area contributed by atoms with E-state index in [4.69, 9.17) is 11.6 Å². The van der Waals surface area contributed by atoms with E-state index in [0.717, 1.165) is 17.1 Å². The van der Waals surface area contributed by atoms with E-state index in [1.807, 2.05) is 24.6 Å². The lowest BCUT2D eigenvalue weighted by Gasteiger charge is -2.19. The fourth-order valence-electron chi connectivity index (χ4n) is 1.71. The minimum Gasteiger partial charge on any atom is -0.387 e. The van der Waals surface area contributed by atoms with Crippen LogP contribution < -0.4 is 0 Å². The van der Waals surface area contributed by atoms with Gasteiger partial charge in [0.05, 0.1) is 12.6 Å². The average Bonchev–Trinajstić information content (AvgIpc) is 2.82. The van der Waals surface area contributed by atoms with Gasteiger partial charge in [0.2, 0.25) is 0 Å². The number of hydrogen-bond acceptors (Lipinski definition) is 4. The maximum atomic E-state index is 10.1. The summed E-state index contributed by atoms with van der Waals surface area (Å²) in [5.41, 5.74) is 0.880. The van der Waals surface area contributed by atoms with Gasteiger partial charge in [0.1, 0.15) is 5.01 Å². The zero-order valence-electron chi connectivity index (χ0n) is 10.1. The molecule has 1 aromatic carbocycles. The highest BCUT2D eigenvalue weighted by Crippen LogP contribution is 2.18. The van der Waals surface area contributed by atoms with Crippen LogP contribution in [-0.2, 0) is 6.54 Å². The van der Waals surface area contributed by atoms with E-state index in [1.165, 1.54) is 0 Å². The molecule has 3 nitrogen and oxygen atoms in total. The molecular weight excluding hydrogens is 268 g/mol. The van der Waals surface area contributed by atoms with Crippen LogP contribution in [0.3, 0.4) is 0 Å². The van der Waals surface area contributed by atoms with Crippen molar-refractivity contribution in [3.05, 3.63) is 51.4 Å². The first-order chi connectivity index (χ1) is 8.65. The van der Waals surface area contributed by atoms with Crippen molar-refractivity contribution >= 4 is 22.9 Å². The number of aliphatic hydroxyl groups is 1. The zero-order valence-corrected chi connectivity index (χ0v) is 11.7. The molecule has 1 N–H and O–H groups in total. The van der Waals surface area contributed by atoms with Gasteiger partial charge >= 0.3 is 0 Å². The van der Waals surface area contributed by atoms with Gasteiger partial charge in [-0.2, -0.15) is 0 Å². The monoisotopic (exact) mass is 282 g/mol. The predicted molar refractivity (Wildman–Crippen MR) is 74.9 cm³/mol. The number of halogens is 1. The summed E-state index contributed by atoms with van der Waals surface area (Å²) in [7, 11) is 1.97. The molecule has 5 heteroatoms. The number of benzene rings is 1. The molecule has 0 bridgehead atoms. The van der Waals surface area contributed by atoms with Crippen LogP contribution in [0.2, 0.25) is 5.02 Å². The summed E-state index contributed by atoms with van der Waals surface area (Å²) in [5.74, 6) is 0. The number of likely N-dealkylation sites (N-methyl/N-ethyl adjacent to an activating group) is 1. The highest BCUT2D eigenvalue weighted by Gasteiger charge is 2.11. The second-order valence-corrected chi connectivity index (χ2v) is 5.61. The second kappa shape index (κ2) is 6.29. The number of aromatic nitrogens is 1. The van der Waals surface area contributed by atoms with Gasteiger partial charge in [-0.15, -0.1) is 11.3 Å². The smallest absolute Gasteiger partial charge is 0.107 e. The zero-order chi connectivity index (χ0) is 13.0. The van der Waals surface area contributed by atoms with Crippen molar-refractivity contribution in [2.24, 2.45) is 0 Å². The molecule has 2 rings (SSSR count). The van der Waals surface area contributed by atoms with Crippen LogP contribution in [0.5, 0.6) is 0 Å². The molecule has 1 aromatic heterocycles. The lowest BCUT2D eigenvalue weighted by Crippen LogP contribution is -2.24. The molecule has 2 aromatic rings. The fraction of sp³-hybridized carbons (Fsp3) is 0.308. The fourth-order valence-corrected chi connectivity index (χ4v) is 2.53. The molecule has 1 heterocycles. The largest absolute Gasteiger partial charge is 0.387 e. The molecular formula is C13H15ClN2OS. The van der Waals surface area contributed by atoms with Crippen molar-refractivity contribution < 1.29 is 5.11 Å². The minimum absolute atomic E-state index is 0.507. The Kier molecular flexibility index (Phi) is 4.72. The summed E-state index contributed by atoms with van der Waals surface area (Å²) in [6.45, 7) is 1.32. The maximum absolute atomic E-state index is 10.1. The molecule has 0 aliphatic carbocycles. The number of thiazole rings is 1. The van der Waals surface area contributed by atoms with Crippen LogP contribution in [0, 0.1) is 0 Å². The first-order valence-electron chi connectivity index (χ1n) is 5.65. The van der Waals surface area contributed by atoms with Crippen LogP contribution in [0.1, 0.15) is 16.7 Å². The second-order valence-electron chi connectivity index (χ2n) is 4.19. The third-order valence-corrected chi connectivity index (χ3v) is 3.64. The lowest BCUT2D eigenvalue weighted by molar-refractivity contribution is 0.124. The predicted octanol–water partition coefficient (Wildman–Crippen LogP) is 2.96. The van der Waals surface area contributed by atoms with E-state index >= 15 is 0 Å². The summed E-state index contributed by atoms with van der Waals surface area (Å²) >= 11 is 7.44. The molecule has 0 aliphatic heterocycles. The number of nitrogens with zero attached hydrogens (tertiary/aromatic N) is 2. The Hall–Kier alpha value is -0.940. The van der Waals surface area contributed by atoms with Crippen molar-refractivity contribution in [1.82, 2.24) is 9.88 Å². The third-order valence-electron chi connectivity index (χ3n) is 2.63. The van der Waals surface area contributed by atoms with Crippen LogP contribution in [0.15, 0.2) is 35.8 Å². The lowest BCUT2D eigenvalue weighted by atomic mass is 10.1. The Bertz CT molecular complexity index is 472. The molecule has 1 atom stereocenters. The highest BCUT2D eigenvalue weighted by molar-refractivity contribution is 7.09. The van der Waals surface area contributed by atoms with Gasteiger partial charge in [-0.25, -0.2) is 4.98 Å². The molecule has 0 saturated carbocycles. The summed E-state index contributed by atoms with van der Waals surface area (Å²) in [6, 6.07) is 7.29. The molecule has 96 valence electrons. The Labute approximate surface area is 116 Å². The van der Waals surface area contributed by atoms with Crippen molar-refractivity contribution in [1.29, 1.82) is 0 Å². The minimum atomic E-state index is -0.507. The summed E-state index contributed by atoms with van der Waals surface area (Å²) < 4.78 is 0. The van der Waals surface area contributed by atoms with Crippen molar-refractivity contribution in [3.8, 4) is 0 Å². The highest BCUT2D eigenvalue weighted by atomic mass is 35.5. The molecule has 1 unspecified atom stereocenters. The van der Waals surface area contributed by atoms with Gasteiger partial charge in [0.15, 0.2) is 0 Å². The van der Waals surface area contributed by atoms with E-state index in [1.54, 1.807) is 29.7 Å². The van der Waals surface area contributed by atoms with E-state index in [0.29, 0.717) is 11.6 Å². The first-order valence-corrected chi connectivity index (χ1v) is 6.91. The van der Waals surface area contributed by atoms with Gasteiger partial charge in [-0.1, -0.05) is 23.7 Å². The normalized spacial score (nSPS) is 12.9. The average molecular weight is 283 g/mol. The van der Waals surface area contributed by atoms with E-state index in [2.05, 4.69) is 9.88 Å². The van der Waals surface area contributed by atoms with Crippen LogP contribution >= 0.6 is 22.9 Å². The molecule has 0 saturated heterocycles. The Morgan fingerprint density at radius 3 is 2.72 bits per heavy atom. The first kappa shape index (κ1) is 13.5. The SMILES string of the molecule is CN(Cc1nccs1)CC(O)c1ccc(Cl)cc1. The standard InChI is InChI=1S/C13H15ClN2OS/c1-16(9-13-15-6-7-18-13)8-12(17)10-2-4-11(14)5-3-10/h2-7,12,17H,8-9H2,1H3. The summed E-state index contributed by atoms with van der Waals surface area (Å²) in [4.78, 5) is 6.28. The summed E-state index contributed by atoms with van der Waals surface area (Å²) in [6.07, 6.45) is 1.29.